The number of hydrogen-bond acceptors (Lipinski definition) is 2. The Bertz CT molecular complexity index is 213. The van der Waals surface area contributed by atoms with Gasteiger partial charge in [-0.25, -0.2) is 0 Å². The maximum atomic E-state index is 11.2. The second kappa shape index (κ2) is 10.4. The number of unbranched alkanes of at least 4 members (excludes halogenated alkanes) is 2. The quantitative estimate of drug-likeness (QED) is 0.408. The highest BCUT2D eigenvalue weighted by Crippen LogP contribution is 2.21. The molecular formula is C16H32O2. The molecule has 0 rings (SSSR count). The van der Waals surface area contributed by atoms with Gasteiger partial charge in [-0.2, -0.15) is 0 Å². The second-order valence-corrected chi connectivity index (χ2v) is 5.70. The first kappa shape index (κ1) is 17.5. The van der Waals surface area contributed by atoms with Crippen LogP contribution < -0.4 is 0 Å². The number of carbonyl (C=O) groups is 1. The minimum absolute atomic E-state index is 0.0558. The van der Waals surface area contributed by atoms with Gasteiger partial charge in [0, 0.05) is 6.42 Å². The van der Waals surface area contributed by atoms with Gasteiger partial charge in [-0.05, 0) is 25.2 Å². The normalized spacial score (nSPS) is 16.1. The van der Waals surface area contributed by atoms with Crippen molar-refractivity contribution >= 4 is 5.97 Å². The number of ether oxygens (including phenoxy) is 1. The molecule has 2 nitrogen and oxygen atoms in total. The van der Waals surface area contributed by atoms with Gasteiger partial charge in [0.1, 0.15) is 6.10 Å². The van der Waals surface area contributed by atoms with Crippen LogP contribution in [0.5, 0.6) is 0 Å². The van der Waals surface area contributed by atoms with Gasteiger partial charge in [-0.3, -0.25) is 4.79 Å². The molecule has 0 aromatic heterocycles. The minimum atomic E-state index is -0.0784. The summed E-state index contributed by atoms with van der Waals surface area (Å²) in [5.41, 5.74) is 0. The van der Waals surface area contributed by atoms with Gasteiger partial charge in [0.05, 0.1) is 0 Å². The van der Waals surface area contributed by atoms with Crippen molar-refractivity contribution in [2.75, 3.05) is 0 Å². The molecule has 0 bridgehead atoms. The molecule has 0 aliphatic rings. The molecule has 3 atom stereocenters. The fourth-order valence-corrected chi connectivity index (χ4v) is 2.08. The summed E-state index contributed by atoms with van der Waals surface area (Å²) in [5.74, 6) is 1.19. The molecule has 0 unspecified atom stereocenters. The third-order valence-corrected chi connectivity index (χ3v) is 3.82. The molecule has 0 aliphatic heterocycles. The predicted octanol–water partition coefficient (Wildman–Crippen LogP) is 4.96. The molecule has 0 radical (unpaired) electrons. The maximum Gasteiger partial charge on any atom is 0.305 e. The molecule has 2 heteroatoms. The summed E-state index contributed by atoms with van der Waals surface area (Å²) < 4.78 is 5.35. The smallest absolute Gasteiger partial charge is 0.305 e. The molecule has 0 aromatic rings. The Balaban J connectivity index is 3.73. The first-order valence-electron chi connectivity index (χ1n) is 7.70. The monoisotopic (exact) mass is 256 g/mol. The summed E-state index contributed by atoms with van der Waals surface area (Å²) in [4.78, 5) is 11.2. The summed E-state index contributed by atoms with van der Waals surface area (Å²) in [5, 5.41) is 0. The van der Waals surface area contributed by atoms with Gasteiger partial charge in [-0.1, -0.05) is 59.8 Å². The lowest BCUT2D eigenvalue weighted by molar-refractivity contribution is -0.150. The van der Waals surface area contributed by atoms with Gasteiger partial charge >= 0.3 is 5.97 Å². The van der Waals surface area contributed by atoms with Gasteiger partial charge < -0.3 is 4.74 Å². The van der Waals surface area contributed by atoms with E-state index in [1.165, 1.54) is 32.1 Å². The lowest BCUT2D eigenvalue weighted by Crippen LogP contribution is -2.22. The first-order chi connectivity index (χ1) is 8.51. The molecule has 0 spiro atoms. The standard InChI is InChI=1S/C16H32O2/c1-6-8-9-10-13(3)11-12-14(4)15(5)18-16(17)7-2/h13-15H,6-12H2,1-5H3/t13-,14+,15-/m0/s1. The summed E-state index contributed by atoms with van der Waals surface area (Å²) in [7, 11) is 0. The Morgan fingerprint density at radius 3 is 2.22 bits per heavy atom. The average molecular weight is 256 g/mol. The van der Waals surface area contributed by atoms with E-state index in [0.29, 0.717) is 12.3 Å². The third kappa shape index (κ3) is 8.54. The molecule has 0 aliphatic carbocycles. The summed E-state index contributed by atoms with van der Waals surface area (Å²) in [6.07, 6.45) is 8.28. The van der Waals surface area contributed by atoms with Crippen LogP contribution in [0.25, 0.3) is 0 Å². The highest BCUT2D eigenvalue weighted by molar-refractivity contribution is 5.69. The van der Waals surface area contributed by atoms with Crippen LogP contribution in [0.15, 0.2) is 0 Å². The van der Waals surface area contributed by atoms with E-state index in [-0.39, 0.29) is 12.1 Å². The fraction of sp³-hybridized carbons (Fsp3) is 0.938. The molecule has 108 valence electrons. The predicted molar refractivity (Wildman–Crippen MR) is 77.5 cm³/mol. The second-order valence-electron chi connectivity index (χ2n) is 5.70. The molecule has 0 saturated carbocycles. The Labute approximate surface area is 113 Å². The number of esters is 1. The van der Waals surface area contributed by atoms with Crippen LogP contribution in [0.2, 0.25) is 0 Å². The molecule has 18 heavy (non-hydrogen) atoms. The van der Waals surface area contributed by atoms with Crippen LogP contribution in [0, 0.1) is 11.8 Å². The van der Waals surface area contributed by atoms with Crippen molar-refractivity contribution in [1.29, 1.82) is 0 Å². The van der Waals surface area contributed by atoms with E-state index in [9.17, 15) is 4.79 Å². The van der Waals surface area contributed by atoms with Gasteiger partial charge in [-0.15, -0.1) is 0 Å². The van der Waals surface area contributed by atoms with Crippen molar-refractivity contribution in [2.24, 2.45) is 11.8 Å². The Hall–Kier alpha value is -0.530. The van der Waals surface area contributed by atoms with Gasteiger partial charge in [0.15, 0.2) is 0 Å². The fourth-order valence-electron chi connectivity index (χ4n) is 2.08. The van der Waals surface area contributed by atoms with E-state index < -0.39 is 0 Å². The van der Waals surface area contributed by atoms with Gasteiger partial charge in [0.25, 0.3) is 0 Å². The van der Waals surface area contributed by atoms with Crippen LogP contribution in [0.1, 0.15) is 79.6 Å². The number of rotatable bonds is 10. The van der Waals surface area contributed by atoms with Crippen molar-refractivity contribution in [2.45, 2.75) is 85.7 Å². The van der Waals surface area contributed by atoms with Crippen LogP contribution in [-0.2, 0) is 9.53 Å². The third-order valence-electron chi connectivity index (χ3n) is 3.82. The molecule has 0 aromatic carbocycles. The summed E-state index contributed by atoms with van der Waals surface area (Å²) >= 11 is 0. The Kier molecular flexibility index (Phi) is 10.1. The van der Waals surface area contributed by atoms with E-state index in [4.69, 9.17) is 4.74 Å². The van der Waals surface area contributed by atoms with Crippen LogP contribution in [0.4, 0.5) is 0 Å². The van der Waals surface area contributed by atoms with E-state index in [1.807, 2.05) is 13.8 Å². The van der Waals surface area contributed by atoms with E-state index in [0.717, 1.165) is 12.3 Å². The lowest BCUT2D eigenvalue weighted by atomic mass is 9.92. The van der Waals surface area contributed by atoms with Crippen molar-refractivity contribution in [3.63, 3.8) is 0 Å². The zero-order valence-corrected chi connectivity index (χ0v) is 13.0. The number of hydrogen-bond donors (Lipinski definition) is 0. The highest BCUT2D eigenvalue weighted by Gasteiger charge is 2.16. The molecule has 0 fully saturated rings. The Morgan fingerprint density at radius 1 is 1.00 bits per heavy atom. The van der Waals surface area contributed by atoms with E-state index in [2.05, 4.69) is 20.8 Å². The molecule has 0 heterocycles. The van der Waals surface area contributed by atoms with Crippen molar-refractivity contribution in [1.82, 2.24) is 0 Å². The van der Waals surface area contributed by atoms with E-state index >= 15 is 0 Å². The van der Waals surface area contributed by atoms with Crippen LogP contribution >= 0.6 is 0 Å². The lowest BCUT2D eigenvalue weighted by Gasteiger charge is -2.21. The zero-order valence-electron chi connectivity index (χ0n) is 13.0. The van der Waals surface area contributed by atoms with Crippen molar-refractivity contribution in [3.8, 4) is 0 Å². The molecule has 0 N–H and O–H groups in total. The SMILES string of the molecule is CCCCC[C@H](C)CC[C@@H](C)[C@H](C)OC(=O)CC. The van der Waals surface area contributed by atoms with E-state index in [1.54, 1.807) is 0 Å². The minimum Gasteiger partial charge on any atom is -0.462 e. The highest BCUT2D eigenvalue weighted by atomic mass is 16.5. The Morgan fingerprint density at radius 2 is 1.67 bits per heavy atom. The first-order valence-corrected chi connectivity index (χ1v) is 7.70. The molecular weight excluding hydrogens is 224 g/mol. The van der Waals surface area contributed by atoms with Gasteiger partial charge in [0.2, 0.25) is 0 Å². The largest absolute Gasteiger partial charge is 0.462 e. The maximum absolute atomic E-state index is 11.2. The van der Waals surface area contributed by atoms with Crippen LogP contribution in [-0.4, -0.2) is 12.1 Å². The molecule has 0 amide bonds. The summed E-state index contributed by atoms with van der Waals surface area (Å²) in [6, 6.07) is 0. The van der Waals surface area contributed by atoms with Crippen LogP contribution in [0.3, 0.4) is 0 Å². The number of carbonyl (C=O) groups excluding carboxylic acids is 1. The molecule has 0 saturated heterocycles. The van der Waals surface area contributed by atoms with Crippen molar-refractivity contribution in [3.05, 3.63) is 0 Å². The topological polar surface area (TPSA) is 26.3 Å². The van der Waals surface area contributed by atoms with Crippen molar-refractivity contribution < 1.29 is 9.53 Å². The average Bonchev–Trinajstić information content (AvgIpc) is 2.35. The summed E-state index contributed by atoms with van der Waals surface area (Å²) in [6.45, 7) is 10.6. The zero-order chi connectivity index (χ0) is 14.0.